The Labute approximate surface area is 231 Å². The maximum absolute atomic E-state index is 13.7. The van der Waals surface area contributed by atoms with Gasteiger partial charge in [-0.3, -0.25) is 0 Å². The number of hydrogen-bond acceptors (Lipinski definition) is 4. The molecule has 4 nitrogen and oxygen atoms in total. The molecule has 4 rings (SSSR count). The molecule has 0 aliphatic rings. The van der Waals surface area contributed by atoms with E-state index in [1.165, 1.54) is 14.2 Å². The number of carbonyl (C=O) groups is 2. The molecule has 39 heavy (non-hydrogen) atoms. The SMILES string of the molecule is CCc1c(-c2ccccc2)c(C(=O)OC)c(C(=O)OC)c([Si](C)(C)C#Cc2ccccc2)c1-c1ccccc1. The Balaban J connectivity index is 2.25. The highest BCUT2D eigenvalue weighted by Gasteiger charge is 2.39. The summed E-state index contributed by atoms with van der Waals surface area (Å²) in [5.41, 5.74) is 9.29. The molecule has 196 valence electrons. The number of carbonyl (C=O) groups excluding carboxylic acids is 2. The summed E-state index contributed by atoms with van der Waals surface area (Å²) in [5, 5.41) is 0.779. The largest absolute Gasteiger partial charge is 0.465 e. The van der Waals surface area contributed by atoms with Gasteiger partial charge in [0.15, 0.2) is 8.07 Å². The number of rotatable bonds is 6. The van der Waals surface area contributed by atoms with Gasteiger partial charge in [0.1, 0.15) is 0 Å². The topological polar surface area (TPSA) is 52.6 Å². The molecular weight excluding hydrogens is 500 g/mol. The standard InChI is InChI=1S/C34H32O4Si/c1-6-27-28(25-18-12-8-13-19-25)30(33(35)37-2)31(34(36)38-3)32(29(27)26-20-14-9-15-21-26)39(4,5)23-22-24-16-10-7-11-17-24/h7-21H,6H2,1-5H3. The second kappa shape index (κ2) is 12.0. The minimum Gasteiger partial charge on any atom is -0.465 e. The van der Waals surface area contributed by atoms with Gasteiger partial charge in [0.2, 0.25) is 0 Å². The van der Waals surface area contributed by atoms with Crippen LogP contribution in [0.15, 0.2) is 91.0 Å². The van der Waals surface area contributed by atoms with E-state index in [4.69, 9.17) is 9.47 Å². The third-order valence-electron chi connectivity index (χ3n) is 6.78. The summed E-state index contributed by atoms with van der Waals surface area (Å²) in [6.07, 6.45) is 0.628. The average Bonchev–Trinajstić information content (AvgIpc) is 2.99. The maximum atomic E-state index is 13.7. The van der Waals surface area contributed by atoms with Crippen LogP contribution in [0.25, 0.3) is 22.3 Å². The van der Waals surface area contributed by atoms with E-state index in [1.54, 1.807) is 0 Å². The number of benzene rings is 4. The normalized spacial score (nSPS) is 10.8. The van der Waals surface area contributed by atoms with Gasteiger partial charge in [0.25, 0.3) is 0 Å². The van der Waals surface area contributed by atoms with Crippen LogP contribution in [-0.2, 0) is 15.9 Å². The Morgan fingerprint density at radius 1 is 0.692 bits per heavy atom. The third kappa shape index (κ3) is 5.57. The number of methoxy groups -OCH3 is 2. The molecular formula is C34H32O4Si. The molecule has 0 fully saturated rings. The molecule has 4 aromatic carbocycles. The van der Waals surface area contributed by atoms with E-state index in [2.05, 4.69) is 31.5 Å². The fraction of sp³-hybridized carbons (Fsp3) is 0.176. The zero-order valence-corrected chi connectivity index (χ0v) is 24.0. The van der Waals surface area contributed by atoms with Gasteiger partial charge in [0, 0.05) is 11.1 Å². The van der Waals surface area contributed by atoms with Crippen molar-refractivity contribution in [3.05, 3.63) is 113 Å². The first-order valence-corrected chi connectivity index (χ1v) is 15.9. The van der Waals surface area contributed by atoms with E-state index >= 15 is 0 Å². The van der Waals surface area contributed by atoms with Gasteiger partial charge in [-0.1, -0.05) is 105 Å². The van der Waals surface area contributed by atoms with Gasteiger partial charge >= 0.3 is 11.9 Å². The highest BCUT2D eigenvalue weighted by Crippen LogP contribution is 2.39. The molecule has 0 bridgehead atoms. The van der Waals surface area contributed by atoms with Crippen LogP contribution in [0.4, 0.5) is 0 Å². The zero-order valence-electron chi connectivity index (χ0n) is 23.0. The first-order chi connectivity index (χ1) is 18.8. The van der Waals surface area contributed by atoms with Crippen molar-refractivity contribution in [2.45, 2.75) is 26.4 Å². The monoisotopic (exact) mass is 532 g/mol. The summed E-state index contributed by atoms with van der Waals surface area (Å²) in [7, 11) is -0.0620. The van der Waals surface area contributed by atoms with E-state index < -0.39 is 20.0 Å². The first kappa shape index (κ1) is 27.6. The summed E-state index contributed by atoms with van der Waals surface area (Å²) in [5.74, 6) is 2.18. The maximum Gasteiger partial charge on any atom is 0.339 e. The molecule has 0 unspecified atom stereocenters. The minimum absolute atomic E-state index is 0.226. The van der Waals surface area contributed by atoms with Gasteiger partial charge in [-0.2, -0.15) is 0 Å². The Morgan fingerprint density at radius 3 is 1.64 bits per heavy atom. The smallest absolute Gasteiger partial charge is 0.339 e. The molecule has 0 heterocycles. The first-order valence-electron chi connectivity index (χ1n) is 12.9. The highest BCUT2D eigenvalue weighted by molar-refractivity contribution is 6.98. The van der Waals surface area contributed by atoms with Crippen molar-refractivity contribution in [3.63, 3.8) is 0 Å². The quantitative estimate of drug-likeness (QED) is 0.158. The lowest BCUT2D eigenvalue weighted by atomic mass is 9.83. The number of esters is 2. The van der Waals surface area contributed by atoms with Gasteiger partial charge in [-0.15, -0.1) is 5.54 Å². The van der Waals surface area contributed by atoms with E-state index in [1.807, 2.05) is 91.0 Å². The van der Waals surface area contributed by atoms with Gasteiger partial charge in [-0.25, -0.2) is 9.59 Å². The molecule has 0 aliphatic heterocycles. The van der Waals surface area contributed by atoms with Crippen LogP contribution in [0.5, 0.6) is 0 Å². The second-order valence-corrected chi connectivity index (χ2v) is 13.7. The number of hydrogen-bond donors (Lipinski definition) is 0. The molecule has 0 atom stereocenters. The summed E-state index contributed by atoms with van der Waals surface area (Å²) in [6.45, 7) is 6.29. The van der Waals surface area contributed by atoms with E-state index in [-0.39, 0.29) is 11.1 Å². The van der Waals surface area contributed by atoms with Crippen LogP contribution < -0.4 is 5.19 Å². The van der Waals surface area contributed by atoms with Crippen LogP contribution in [0, 0.1) is 11.5 Å². The molecule has 0 aromatic heterocycles. The zero-order chi connectivity index (χ0) is 28.0. The van der Waals surface area contributed by atoms with Crippen LogP contribution >= 0.6 is 0 Å². The van der Waals surface area contributed by atoms with Crippen molar-refractivity contribution < 1.29 is 19.1 Å². The van der Waals surface area contributed by atoms with Crippen molar-refractivity contribution in [1.82, 2.24) is 0 Å². The van der Waals surface area contributed by atoms with Gasteiger partial charge in [-0.05, 0) is 46.0 Å². The third-order valence-corrected chi connectivity index (χ3v) is 9.28. The van der Waals surface area contributed by atoms with Crippen molar-refractivity contribution >= 4 is 25.2 Å². The minimum atomic E-state index is -2.74. The van der Waals surface area contributed by atoms with E-state index in [0.29, 0.717) is 12.0 Å². The summed E-state index contributed by atoms with van der Waals surface area (Å²) in [6, 6.07) is 29.5. The van der Waals surface area contributed by atoms with Gasteiger partial charge < -0.3 is 9.47 Å². The fourth-order valence-electron chi connectivity index (χ4n) is 5.05. The number of ether oxygens (including phenoxy) is 2. The molecule has 0 saturated heterocycles. The molecule has 4 aromatic rings. The Bertz CT molecular complexity index is 1550. The van der Waals surface area contributed by atoms with Crippen molar-refractivity contribution in [2.75, 3.05) is 14.2 Å². The van der Waals surface area contributed by atoms with Crippen LogP contribution in [0.3, 0.4) is 0 Å². The average molecular weight is 533 g/mol. The van der Waals surface area contributed by atoms with Crippen molar-refractivity contribution in [3.8, 4) is 33.7 Å². The highest BCUT2D eigenvalue weighted by atomic mass is 28.3. The molecule has 0 N–H and O–H groups in total. The Hall–Kier alpha value is -4.40. The van der Waals surface area contributed by atoms with Crippen LogP contribution in [0.1, 0.15) is 38.8 Å². The van der Waals surface area contributed by atoms with Crippen molar-refractivity contribution in [2.24, 2.45) is 0 Å². The Kier molecular flexibility index (Phi) is 8.48. The molecule has 0 spiro atoms. The lowest BCUT2D eigenvalue weighted by molar-refractivity contribution is 0.0557. The lowest BCUT2D eigenvalue weighted by Gasteiger charge is -2.30. The Morgan fingerprint density at radius 2 is 1.15 bits per heavy atom. The molecule has 0 radical (unpaired) electrons. The molecule has 0 saturated carbocycles. The molecule has 0 amide bonds. The van der Waals surface area contributed by atoms with E-state index in [0.717, 1.165) is 33.0 Å². The van der Waals surface area contributed by atoms with Gasteiger partial charge in [0.05, 0.1) is 25.3 Å². The van der Waals surface area contributed by atoms with Crippen LogP contribution in [0.2, 0.25) is 13.1 Å². The molecule has 5 heteroatoms. The van der Waals surface area contributed by atoms with Crippen LogP contribution in [-0.4, -0.2) is 34.2 Å². The van der Waals surface area contributed by atoms with Crippen molar-refractivity contribution in [1.29, 1.82) is 0 Å². The molecule has 0 aliphatic carbocycles. The lowest BCUT2D eigenvalue weighted by Crippen LogP contribution is -2.47. The predicted octanol–water partition coefficient (Wildman–Crippen LogP) is 6.66. The van der Waals surface area contributed by atoms with E-state index in [9.17, 15) is 9.59 Å². The summed E-state index contributed by atoms with van der Waals surface area (Å²) < 4.78 is 10.7. The summed E-state index contributed by atoms with van der Waals surface area (Å²) in [4.78, 5) is 27.3. The predicted molar refractivity (Wildman–Crippen MR) is 160 cm³/mol. The fourth-order valence-corrected chi connectivity index (χ4v) is 7.41. The summed E-state index contributed by atoms with van der Waals surface area (Å²) >= 11 is 0. The second-order valence-electron chi connectivity index (χ2n) is 9.66.